The second kappa shape index (κ2) is 12.0. The van der Waals surface area contributed by atoms with Crippen molar-refractivity contribution in [2.45, 2.75) is 64.3 Å². The molecule has 35 heavy (non-hydrogen) atoms. The first-order chi connectivity index (χ1) is 17.2. The monoisotopic (exact) mass is 468 g/mol. The van der Waals surface area contributed by atoms with Crippen molar-refractivity contribution in [3.05, 3.63) is 107 Å². The van der Waals surface area contributed by atoms with Crippen LogP contribution in [0.3, 0.4) is 0 Å². The fourth-order valence-corrected chi connectivity index (χ4v) is 5.87. The summed E-state index contributed by atoms with van der Waals surface area (Å²) in [5.41, 5.74) is 6.76. The van der Waals surface area contributed by atoms with Gasteiger partial charge >= 0.3 is 0 Å². The van der Waals surface area contributed by atoms with Crippen LogP contribution in [0.25, 0.3) is 0 Å². The molecule has 0 spiro atoms. The van der Waals surface area contributed by atoms with Gasteiger partial charge in [0, 0.05) is 19.6 Å². The summed E-state index contributed by atoms with van der Waals surface area (Å²) in [7, 11) is 0. The normalized spacial score (nSPS) is 18.7. The van der Waals surface area contributed by atoms with Gasteiger partial charge in [0.05, 0.1) is 6.10 Å². The van der Waals surface area contributed by atoms with Crippen LogP contribution in [-0.4, -0.2) is 34.5 Å². The molecule has 184 valence electrons. The van der Waals surface area contributed by atoms with Gasteiger partial charge in [-0.1, -0.05) is 78.9 Å². The van der Waals surface area contributed by atoms with E-state index in [4.69, 9.17) is 0 Å². The van der Waals surface area contributed by atoms with E-state index in [1.807, 2.05) is 0 Å². The Bertz CT molecular complexity index is 1040. The summed E-state index contributed by atoms with van der Waals surface area (Å²) in [4.78, 5) is 5.14. The molecule has 1 unspecified atom stereocenters. The molecule has 1 atom stereocenters. The highest BCUT2D eigenvalue weighted by Gasteiger charge is 2.21. The summed E-state index contributed by atoms with van der Waals surface area (Å²) in [6, 6.07) is 28.3. The molecule has 3 aromatic carbocycles. The van der Waals surface area contributed by atoms with E-state index in [1.54, 1.807) is 0 Å². The van der Waals surface area contributed by atoms with Crippen molar-refractivity contribution in [1.82, 2.24) is 9.80 Å². The molecule has 2 heterocycles. The SMILES string of the molecule is OC(CCC1CCN(Cc2ccccc2)CC1)c1ccc2c(c1)CN(Cc1ccccc1)CCC2. The minimum Gasteiger partial charge on any atom is -0.388 e. The van der Waals surface area contributed by atoms with Gasteiger partial charge in [-0.25, -0.2) is 0 Å². The first-order valence-corrected chi connectivity index (χ1v) is 13.6. The number of hydrogen-bond acceptors (Lipinski definition) is 3. The highest BCUT2D eigenvalue weighted by molar-refractivity contribution is 5.34. The molecule has 1 fully saturated rings. The second-order valence-electron chi connectivity index (χ2n) is 10.6. The van der Waals surface area contributed by atoms with E-state index >= 15 is 0 Å². The van der Waals surface area contributed by atoms with Gasteiger partial charge in [0.2, 0.25) is 0 Å². The van der Waals surface area contributed by atoms with Gasteiger partial charge in [0.25, 0.3) is 0 Å². The molecule has 3 heteroatoms. The van der Waals surface area contributed by atoms with E-state index in [9.17, 15) is 5.11 Å². The highest BCUT2D eigenvalue weighted by atomic mass is 16.3. The van der Waals surface area contributed by atoms with Crippen LogP contribution in [0.2, 0.25) is 0 Å². The van der Waals surface area contributed by atoms with Crippen LogP contribution in [0.15, 0.2) is 78.9 Å². The second-order valence-corrected chi connectivity index (χ2v) is 10.6. The topological polar surface area (TPSA) is 26.7 Å². The zero-order valence-electron chi connectivity index (χ0n) is 21.0. The number of rotatable bonds is 8. The molecule has 1 saturated heterocycles. The first kappa shape index (κ1) is 24.2. The molecule has 0 bridgehead atoms. The third-order valence-electron chi connectivity index (χ3n) is 7.98. The van der Waals surface area contributed by atoms with Crippen molar-refractivity contribution in [3.8, 4) is 0 Å². The molecular weight excluding hydrogens is 428 g/mol. The van der Waals surface area contributed by atoms with Gasteiger partial charge in [-0.05, 0) is 91.9 Å². The summed E-state index contributed by atoms with van der Waals surface area (Å²) in [5, 5.41) is 11.0. The van der Waals surface area contributed by atoms with Crippen LogP contribution in [0, 0.1) is 5.92 Å². The van der Waals surface area contributed by atoms with Crippen molar-refractivity contribution in [3.63, 3.8) is 0 Å². The minimum absolute atomic E-state index is 0.353. The Morgan fingerprint density at radius 1 is 0.743 bits per heavy atom. The van der Waals surface area contributed by atoms with E-state index in [0.29, 0.717) is 0 Å². The average Bonchev–Trinajstić information content (AvgIpc) is 3.10. The Labute approximate surface area is 211 Å². The molecule has 5 rings (SSSR count). The Hall–Kier alpha value is -2.46. The molecule has 0 aliphatic carbocycles. The van der Waals surface area contributed by atoms with Crippen LogP contribution in [0.4, 0.5) is 0 Å². The van der Waals surface area contributed by atoms with Gasteiger partial charge in [-0.15, -0.1) is 0 Å². The van der Waals surface area contributed by atoms with E-state index in [2.05, 4.69) is 88.7 Å². The van der Waals surface area contributed by atoms with Gasteiger partial charge in [-0.3, -0.25) is 9.80 Å². The van der Waals surface area contributed by atoms with Crippen LogP contribution in [-0.2, 0) is 26.1 Å². The summed E-state index contributed by atoms with van der Waals surface area (Å²) >= 11 is 0. The summed E-state index contributed by atoms with van der Waals surface area (Å²) < 4.78 is 0. The maximum absolute atomic E-state index is 11.0. The lowest BCUT2D eigenvalue weighted by Gasteiger charge is -2.32. The smallest absolute Gasteiger partial charge is 0.0790 e. The van der Waals surface area contributed by atoms with Crippen molar-refractivity contribution in [2.75, 3.05) is 19.6 Å². The number of benzene rings is 3. The Balaban J connectivity index is 1.12. The summed E-state index contributed by atoms with van der Waals surface area (Å²) in [6.45, 7) is 6.51. The Morgan fingerprint density at radius 3 is 2.09 bits per heavy atom. The van der Waals surface area contributed by atoms with E-state index < -0.39 is 0 Å². The zero-order valence-corrected chi connectivity index (χ0v) is 21.0. The van der Waals surface area contributed by atoms with Crippen molar-refractivity contribution in [2.24, 2.45) is 5.92 Å². The number of hydrogen-bond donors (Lipinski definition) is 1. The number of likely N-dealkylation sites (tertiary alicyclic amines) is 1. The third kappa shape index (κ3) is 6.82. The fraction of sp³-hybridized carbons (Fsp3) is 0.438. The number of aryl methyl sites for hydroxylation is 1. The summed E-state index contributed by atoms with van der Waals surface area (Å²) in [5.74, 6) is 0.735. The molecular formula is C32H40N2O. The van der Waals surface area contributed by atoms with Crippen LogP contribution in [0.1, 0.15) is 66.0 Å². The molecule has 3 nitrogen and oxygen atoms in total. The predicted octanol–water partition coefficient (Wildman–Crippen LogP) is 6.36. The Kier molecular flexibility index (Phi) is 8.30. The number of piperidine rings is 1. The summed E-state index contributed by atoms with van der Waals surface area (Å²) in [6.07, 6.45) is 6.47. The standard InChI is InChI=1S/C32H40N2O/c35-32(16-13-26-17-20-33(21-18-26)23-27-8-3-1-4-9-27)30-15-14-29-12-7-19-34(25-31(29)22-30)24-28-10-5-2-6-11-28/h1-6,8-11,14-15,22,26,32,35H,7,12-13,16-21,23-25H2. The lowest BCUT2D eigenvalue weighted by atomic mass is 9.89. The first-order valence-electron chi connectivity index (χ1n) is 13.6. The maximum Gasteiger partial charge on any atom is 0.0790 e. The number of fused-ring (bicyclic) bond motifs is 1. The third-order valence-corrected chi connectivity index (χ3v) is 7.98. The van der Waals surface area contributed by atoms with Crippen molar-refractivity contribution < 1.29 is 5.11 Å². The molecule has 0 radical (unpaired) electrons. The lowest BCUT2D eigenvalue weighted by Crippen LogP contribution is -2.33. The maximum atomic E-state index is 11.0. The predicted molar refractivity (Wildman–Crippen MR) is 144 cm³/mol. The molecule has 0 saturated carbocycles. The zero-order chi connectivity index (χ0) is 23.9. The average molecular weight is 469 g/mol. The van der Waals surface area contributed by atoms with E-state index in [1.165, 1.54) is 54.6 Å². The van der Waals surface area contributed by atoms with Crippen molar-refractivity contribution in [1.29, 1.82) is 0 Å². The molecule has 0 aromatic heterocycles. The molecule has 2 aliphatic rings. The molecule has 0 amide bonds. The van der Waals surface area contributed by atoms with Gasteiger partial charge in [0.15, 0.2) is 0 Å². The molecule has 1 N–H and O–H groups in total. The Morgan fingerprint density at radius 2 is 1.40 bits per heavy atom. The van der Waals surface area contributed by atoms with Gasteiger partial charge < -0.3 is 5.11 Å². The van der Waals surface area contributed by atoms with E-state index in [-0.39, 0.29) is 6.10 Å². The lowest BCUT2D eigenvalue weighted by molar-refractivity contribution is 0.132. The highest BCUT2D eigenvalue weighted by Crippen LogP contribution is 2.30. The van der Waals surface area contributed by atoms with Crippen LogP contribution in [0.5, 0.6) is 0 Å². The minimum atomic E-state index is -0.353. The molecule has 3 aromatic rings. The fourth-order valence-electron chi connectivity index (χ4n) is 5.87. The number of aliphatic hydroxyl groups excluding tert-OH is 1. The molecule has 2 aliphatic heterocycles. The van der Waals surface area contributed by atoms with E-state index in [0.717, 1.165) is 56.9 Å². The van der Waals surface area contributed by atoms with Gasteiger partial charge in [0.1, 0.15) is 0 Å². The largest absolute Gasteiger partial charge is 0.388 e. The van der Waals surface area contributed by atoms with Crippen LogP contribution < -0.4 is 0 Å². The quantitative estimate of drug-likeness (QED) is 0.417. The van der Waals surface area contributed by atoms with Gasteiger partial charge in [-0.2, -0.15) is 0 Å². The number of nitrogens with zero attached hydrogens (tertiary/aromatic N) is 2. The van der Waals surface area contributed by atoms with Crippen LogP contribution >= 0.6 is 0 Å². The van der Waals surface area contributed by atoms with Crippen molar-refractivity contribution >= 4 is 0 Å². The number of aliphatic hydroxyl groups is 1.